The van der Waals surface area contributed by atoms with Crippen LogP contribution in [-0.2, 0) is 11.0 Å². The summed E-state index contributed by atoms with van der Waals surface area (Å²) in [5.41, 5.74) is 1.35. The average Bonchev–Trinajstić information content (AvgIpc) is 2.65. The Bertz CT molecular complexity index is 977. The Balaban J connectivity index is 0.00000181. The number of ether oxygens (including phenoxy) is 1. The zero-order valence-electron chi connectivity index (χ0n) is 16.7. The molecule has 2 aromatic rings. The van der Waals surface area contributed by atoms with E-state index in [2.05, 4.69) is 20.6 Å². The third kappa shape index (κ3) is 4.89. The molecule has 0 radical (unpaired) electrons. The van der Waals surface area contributed by atoms with Crippen molar-refractivity contribution in [1.29, 1.82) is 0 Å². The van der Waals surface area contributed by atoms with Gasteiger partial charge in [0.2, 0.25) is 5.91 Å². The van der Waals surface area contributed by atoms with E-state index in [1.165, 1.54) is 6.07 Å². The number of amides is 1. The van der Waals surface area contributed by atoms with Gasteiger partial charge in [-0.05, 0) is 19.9 Å². The second kappa shape index (κ2) is 9.22. The fourth-order valence-corrected chi connectivity index (χ4v) is 3.60. The first-order chi connectivity index (χ1) is 14.1. The van der Waals surface area contributed by atoms with E-state index in [1.807, 2.05) is 31.9 Å². The number of pyridine rings is 2. The first-order valence-electron chi connectivity index (χ1n) is 9.63. The summed E-state index contributed by atoms with van der Waals surface area (Å²) in [5, 5.41) is 6.23. The van der Waals surface area contributed by atoms with Crippen LogP contribution in [0.2, 0.25) is 0 Å². The van der Waals surface area contributed by atoms with E-state index in [0.717, 1.165) is 18.0 Å². The largest absolute Gasteiger partial charge is 0.490 e. The van der Waals surface area contributed by atoms with Gasteiger partial charge in [-0.1, -0.05) is 14.9 Å². The standard InChI is InChI=1S/C20H22F3N5O2.2CH4/c1-10-18-15(28(3)11(2)19(29)27-18)9-17(25-10)26-12-6-14(7-12)30-13-4-5-24-16(8-13)20(21,22)23;;/h4-5,8-9,11-12,14H,6-7H2,1-3H3,(H,25,26)(H,27,29);2*1H4. The molecule has 0 bridgehead atoms. The lowest BCUT2D eigenvalue weighted by Crippen LogP contribution is -2.45. The lowest BCUT2D eigenvalue weighted by molar-refractivity contribution is -0.141. The molecule has 1 fully saturated rings. The van der Waals surface area contributed by atoms with Gasteiger partial charge >= 0.3 is 6.18 Å². The molecule has 1 aliphatic carbocycles. The van der Waals surface area contributed by atoms with E-state index < -0.39 is 11.9 Å². The van der Waals surface area contributed by atoms with Gasteiger partial charge in [-0.15, -0.1) is 0 Å². The fraction of sp³-hybridized carbons (Fsp3) is 0.500. The highest BCUT2D eigenvalue weighted by Crippen LogP contribution is 2.37. The second-order valence-electron chi connectivity index (χ2n) is 7.69. The highest BCUT2D eigenvalue weighted by molar-refractivity contribution is 6.04. The number of fused-ring (bicyclic) bond motifs is 1. The summed E-state index contributed by atoms with van der Waals surface area (Å²) in [6, 6.07) is 4.06. The van der Waals surface area contributed by atoms with Gasteiger partial charge in [0.1, 0.15) is 29.4 Å². The average molecular weight is 454 g/mol. The van der Waals surface area contributed by atoms with Crippen molar-refractivity contribution in [3.05, 3.63) is 35.8 Å². The van der Waals surface area contributed by atoms with Crippen LogP contribution in [0.1, 0.15) is 46.0 Å². The van der Waals surface area contributed by atoms with Crippen LogP contribution >= 0.6 is 0 Å². The Morgan fingerprint density at radius 2 is 1.94 bits per heavy atom. The lowest BCUT2D eigenvalue weighted by atomic mass is 9.89. The normalized spacial score (nSPS) is 21.9. The smallest absolute Gasteiger partial charge is 0.433 e. The summed E-state index contributed by atoms with van der Waals surface area (Å²) < 4.78 is 44.0. The monoisotopic (exact) mass is 453 g/mol. The van der Waals surface area contributed by atoms with Crippen LogP contribution in [0.25, 0.3) is 0 Å². The SMILES string of the molecule is C.C.Cc1nc(NC2CC(Oc3ccnc(C(F)(F)F)c3)C2)cc2c1NC(=O)C(C)N2C. The number of aromatic nitrogens is 2. The summed E-state index contributed by atoms with van der Waals surface area (Å²) in [7, 11) is 1.86. The third-order valence-electron chi connectivity index (χ3n) is 5.54. The molecule has 4 rings (SSSR count). The van der Waals surface area contributed by atoms with Crippen molar-refractivity contribution in [2.24, 2.45) is 0 Å². The number of hydrogen-bond acceptors (Lipinski definition) is 6. The first-order valence-corrected chi connectivity index (χ1v) is 9.63. The molecule has 1 amide bonds. The summed E-state index contributed by atoms with van der Waals surface area (Å²) in [6.07, 6.45) is -2.28. The second-order valence-corrected chi connectivity index (χ2v) is 7.69. The molecule has 1 aliphatic heterocycles. The minimum Gasteiger partial charge on any atom is -0.490 e. The number of anilines is 3. The lowest BCUT2D eigenvalue weighted by Gasteiger charge is -2.37. The van der Waals surface area contributed by atoms with Gasteiger partial charge < -0.3 is 20.3 Å². The molecule has 1 saturated carbocycles. The predicted molar refractivity (Wildman–Crippen MR) is 119 cm³/mol. The van der Waals surface area contributed by atoms with Gasteiger partial charge in [0.25, 0.3) is 0 Å². The van der Waals surface area contributed by atoms with Crippen LogP contribution in [0, 0.1) is 6.92 Å². The van der Waals surface area contributed by atoms with Crippen LogP contribution in [-0.4, -0.2) is 41.1 Å². The number of hydrogen-bond donors (Lipinski definition) is 2. The number of alkyl halides is 3. The molecule has 2 aromatic heterocycles. The van der Waals surface area contributed by atoms with Gasteiger partial charge in [-0.25, -0.2) is 4.98 Å². The maximum absolute atomic E-state index is 12.8. The molecule has 2 N–H and O–H groups in total. The van der Waals surface area contributed by atoms with Gasteiger partial charge in [-0.2, -0.15) is 13.2 Å². The molecule has 0 spiro atoms. The van der Waals surface area contributed by atoms with Crippen LogP contribution in [0.5, 0.6) is 5.75 Å². The summed E-state index contributed by atoms with van der Waals surface area (Å²) in [4.78, 5) is 21.8. The molecule has 2 aliphatic rings. The first kappa shape index (κ1) is 25.2. The number of nitrogens with one attached hydrogen (secondary N) is 2. The van der Waals surface area contributed by atoms with Crippen molar-refractivity contribution >= 4 is 23.1 Å². The molecule has 7 nitrogen and oxygen atoms in total. The minimum absolute atomic E-state index is 0. The van der Waals surface area contributed by atoms with Crippen LogP contribution in [0.15, 0.2) is 24.4 Å². The Labute approximate surface area is 186 Å². The van der Waals surface area contributed by atoms with Crippen molar-refractivity contribution in [3.8, 4) is 5.75 Å². The molecular formula is C22H30F3N5O2. The van der Waals surface area contributed by atoms with E-state index in [1.54, 1.807) is 0 Å². The Morgan fingerprint density at radius 3 is 2.59 bits per heavy atom. The highest BCUT2D eigenvalue weighted by atomic mass is 19.4. The number of nitrogens with zero attached hydrogens (tertiary/aromatic N) is 3. The quantitative estimate of drug-likeness (QED) is 0.687. The summed E-state index contributed by atoms with van der Waals surface area (Å²) >= 11 is 0. The number of carbonyl (C=O) groups is 1. The third-order valence-corrected chi connectivity index (χ3v) is 5.54. The molecule has 10 heteroatoms. The zero-order chi connectivity index (χ0) is 21.6. The van der Waals surface area contributed by atoms with Crippen molar-refractivity contribution in [1.82, 2.24) is 9.97 Å². The number of carbonyl (C=O) groups excluding carboxylic acids is 1. The van der Waals surface area contributed by atoms with E-state index in [9.17, 15) is 18.0 Å². The van der Waals surface area contributed by atoms with E-state index >= 15 is 0 Å². The molecule has 0 saturated heterocycles. The number of rotatable bonds is 4. The topological polar surface area (TPSA) is 79.4 Å². The van der Waals surface area contributed by atoms with Crippen molar-refractivity contribution in [2.75, 3.05) is 22.6 Å². The number of halogens is 3. The maximum atomic E-state index is 12.8. The Morgan fingerprint density at radius 1 is 1.25 bits per heavy atom. The molecule has 176 valence electrons. The van der Waals surface area contributed by atoms with Crippen molar-refractivity contribution < 1.29 is 22.7 Å². The minimum atomic E-state index is -4.50. The van der Waals surface area contributed by atoms with Crippen LogP contribution in [0.4, 0.5) is 30.4 Å². The molecule has 3 heterocycles. The maximum Gasteiger partial charge on any atom is 0.433 e. The number of likely N-dealkylation sites (N-methyl/N-ethyl adjacent to an activating group) is 1. The van der Waals surface area contributed by atoms with Crippen molar-refractivity contribution in [3.63, 3.8) is 0 Å². The summed E-state index contributed by atoms with van der Waals surface area (Å²) in [5.74, 6) is 0.780. The number of aryl methyl sites for hydroxylation is 1. The fourth-order valence-electron chi connectivity index (χ4n) is 3.60. The van der Waals surface area contributed by atoms with Gasteiger partial charge in [0, 0.05) is 44.3 Å². The Hall–Kier alpha value is -3.04. The van der Waals surface area contributed by atoms with Gasteiger partial charge in [0.15, 0.2) is 0 Å². The van der Waals surface area contributed by atoms with Crippen LogP contribution in [0.3, 0.4) is 0 Å². The molecule has 1 unspecified atom stereocenters. The zero-order valence-corrected chi connectivity index (χ0v) is 16.7. The molecule has 0 aromatic carbocycles. The molecule has 32 heavy (non-hydrogen) atoms. The van der Waals surface area contributed by atoms with E-state index in [0.29, 0.717) is 30.0 Å². The Kier molecular flexibility index (Phi) is 7.26. The van der Waals surface area contributed by atoms with Gasteiger partial charge in [0.05, 0.1) is 17.1 Å². The van der Waals surface area contributed by atoms with Gasteiger partial charge in [-0.3, -0.25) is 9.78 Å². The summed E-state index contributed by atoms with van der Waals surface area (Å²) in [6.45, 7) is 3.67. The van der Waals surface area contributed by atoms with Crippen molar-refractivity contribution in [2.45, 2.75) is 65.9 Å². The van der Waals surface area contributed by atoms with Crippen LogP contribution < -0.4 is 20.3 Å². The predicted octanol–water partition coefficient (Wildman–Crippen LogP) is 4.87. The van der Waals surface area contributed by atoms with E-state index in [4.69, 9.17) is 4.74 Å². The highest BCUT2D eigenvalue weighted by Gasteiger charge is 2.35. The molecule has 1 atom stereocenters. The molecular weight excluding hydrogens is 423 g/mol. The van der Waals surface area contributed by atoms with E-state index in [-0.39, 0.29) is 44.7 Å².